The van der Waals surface area contributed by atoms with E-state index < -0.39 is 0 Å². The zero-order chi connectivity index (χ0) is 13.3. The maximum atomic E-state index is 6.28. The zero-order valence-corrected chi connectivity index (χ0v) is 11.6. The van der Waals surface area contributed by atoms with Gasteiger partial charge in [0.1, 0.15) is 0 Å². The topological polar surface area (TPSA) is 61.7 Å². The number of nitrogens with two attached hydrogens (primary N) is 1. The number of nitrogens with zero attached hydrogens (tertiary/aromatic N) is 4. The standard InChI is InChI=1S/C12H18ClN5/c1-4-18-10(12(13)8(2)16-18)5-9(14)11-6-15-7-17(11)3/h6-7,9H,4-5,14H2,1-3H3. The van der Waals surface area contributed by atoms with Crippen LogP contribution in [-0.2, 0) is 20.0 Å². The van der Waals surface area contributed by atoms with Gasteiger partial charge in [0.15, 0.2) is 0 Å². The van der Waals surface area contributed by atoms with E-state index in [1.807, 2.05) is 30.1 Å². The van der Waals surface area contributed by atoms with Crippen molar-refractivity contribution in [2.45, 2.75) is 32.9 Å². The van der Waals surface area contributed by atoms with E-state index in [1.54, 1.807) is 12.5 Å². The molecule has 0 aliphatic rings. The molecule has 0 saturated carbocycles. The lowest BCUT2D eigenvalue weighted by Crippen LogP contribution is -2.18. The molecule has 2 heterocycles. The smallest absolute Gasteiger partial charge is 0.0946 e. The summed E-state index contributed by atoms with van der Waals surface area (Å²) >= 11 is 6.28. The number of hydrogen-bond donors (Lipinski definition) is 1. The van der Waals surface area contributed by atoms with Gasteiger partial charge in [-0.3, -0.25) is 4.68 Å². The monoisotopic (exact) mass is 267 g/mol. The number of hydrogen-bond acceptors (Lipinski definition) is 3. The SMILES string of the molecule is CCn1nc(C)c(Cl)c1CC(N)c1cncn1C. The van der Waals surface area contributed by atoms with E-state index in [0.29, 0.717) is 6.42 Å². The lowest BCUT2D eigenvalue weighted by atomic mass is 10.1. The molecule has 0 saturated heterocycles. The van der Waals surface area contributed by atoms with Crippen LogP contribution in [0.15, 0.2) is 12.5 Å². The minimum atomic E-state index is -0.128. The number of halogens is 1. The van der Waals surface area contributed by atoms with Crippen molar-refractivity contribution in [2.24, 2.45) is 12.8 Å². The van der Waals surface area contributed by atoms with Gasteiger partial charge in [-0.15, -0.1) is 0 Å². The largest absolute Gasteiger partial charge is 0.336 e. The molecule has 0 amide bonds. The van der Waals surface area contributed by atoms with Crippen LogP contribution in [0, 0.1) is 6.92 Å². The first-order valence-corrected chi connectivity index (χ1v) is 6.36. The van der Waals surface area contributed by atoms with Crippen molar-refractivity contribution in [3.05, 3.63) is 34.6 Å². The van der Waals surface area contributed by atoms with Crippen LogP contribution in [0.4, 0.5) is 0 Å². The highest BCUT2D eigenvalue weighted by Gasteiger charge is 2.18. The van der Waals surface area contributed by atoms with Gasteiger partial charge in [0, 0.05) is 26.2 Å². The number of aromatic nitrogens is 4. The summed E-state index contributed by atoms with van der Waals surface area (Å²) < 4.78 is 3.84. The van der Waals surface area contributed by atoms with E-state index in [9.17, 15) is 0 Å². The van der Waals surface area contributed by atoms with Crippen LogP contribution in [0.1, 0.15) is 30.0 Å². The van der Waals surface area contributed by atoms with Crippen molar-refractivity contribution in [3.63, 3.8) is 0 Å². The summed E-state index contributed by atoms with van der Waals surface area (Å²) in [5.74, 6) is 0. The molecule has 2 aromatic heterocycles. The summed E-state index contributed by atoms with van der Waals surface area (Å²) in [6, 6.07) is -0.128. The summed E-state index contributed by atoms with van der Waals surface area (Å²) in [6.45, 7) is 4.75. The summed E-state index contributed by atoms with van der Waals surface area (Å²) in [4.78, 5) is 4.08. The third kappa shape index (κ3) is 2.28. The van der Waals surface area contributed by atoms with Crippen LogP contribution in [0.25, 0.3) is 0 Å². The van der Waals surface area contributed by atoms with Crippen molar-refractivity contribution in [2.75, 3.05) is 0 Å². The molecule has 2 aromatic rings. The average Bonchev–Trinajstić information content (AvgIpc) is 2.87. The van der Waals surface area contributed by atoms with Crippen LogP contribution in [0.5, 0.6) is 0 Å². The van der Waals surface area contributed by atoms with Crippen LogP contribution < -0.4 is 5.73 Å². The zero-order valence-electron chi connectivity index (χ0n) is 10.9. The Morgan fingerprint density at radius 2 is 2.22 bits per heavy atom. The second kappa shape index (κ2) is 5.12. The highest BCUT2D eigenvalue weighted by atomic mass is 35.5. The molecule has 2 N–H and O–H groups in total. The molecule has 0 aromatic carbocycles. The van der Waals surface area contributed by atoms with Gasteiger partial charge in [-0.05, 0) is 13.8 Å². The van der Waals surface area contributed by atoms with E-state index in [0.717, 1.165) is 28.6 Å². The first kappa shape index (κ1) is 13.1. The Kier molecular flexibility index (Phi) is 3.73. The fraction of sp³-hybridized carbons (Fsp3) is 0.500. The van der Waals surface area contributed by atoms with Gasteiger partial charge < -0.3 is 10.3 Å². The van der Waals surface area contributed by atoms with E-state index in [4.69, 9.17) is 17.3 Å². The molecule has 0 bridgehead atoms. The molecule has 1 unspecified atom stereocenters. The van der Waals surface area contributed by atoms with E-state index in [2.05, 4.69) is 10.1 Å². The van der Waals surface area contributed by atoms with Crippen molar-refractivity contribution < 1.29 is 0 Å². The first-order valence-electron chi connectivity index (χ1n) is 5.98. The fourth-order valence-corrected chi connectivity index (χ4v) is 2.31. The van der Waals surface area contributed by atoms with Crippen LogP contribution in [0.2, 0.25) is 5.02 Å². The Hall–Kier alpha value is -1.33. The minimum Gasteiger partial charge on any atom is -0.336 e. The first-order chi connectivity index (χ1) is 8.54. The molecule has 0 aliphatic carbocycles. The van der Waals surface area contributed by atoms with Crippen molar-refractivity contribution in [1.29, 1.82) is 0 Å². The van der Waals surface area contributed by atoms with E-state index in [1.165, 1.54) is 0 Å². The summed E-state index contributed by atoms with van der Waals surface area (Å²) in [5, 5.41) is 5.11. The Balaban J connectivity index is 2.27. The highest BCUT2D eigenvalue weighted by Crippen LogP contribution is 2.24. The molecule has 5 nitrogen and oxygen atoms in total. The summed E-state index contributed by atoms with van der Waals surface area (Å²) in [7, 11) is 1.94. The third-order valence-electron chi connectivity index (χ3n) is 3.10. The molecule has 1 atom stereocenters. The normalized spacial score (nSPS) is 12.9. The van der Waals surface area contributed by atoms with Crippen molar-refractivity contribution >= 4 is 11.6 Å². The molecule has 0 radical (unpaired) electrons. The molecular formula is C12H18ClN5. The quantitative estimate of drug-likeness (QED) is 0.919. The Morgan fingerprint density at radius 3 is 2.78 bits per heavy atom. The molecule has 98 valence electrons. The number of imidazole rings is 1. The van der Waals surface area contributed by atoms with Crippen LogP contribution in [0.3, 0.4) is 0 Å². The second-order valence-corrected chi connectivity index (χ2v) is 4.78. The fourth-order valence-electron chi connectivity index (χ4n) is 2.10. The van der Waals surface area contributed by atoms with E-state index >= 15 is 0 Å². The molecule has 0 aliphatic heterocycles. The summed E-state index contributed by atoms with van der Waals surface area (Å²) in [6.07, 6.45) is 4.20. The van der Waals surface area contributed by atoms with Gasteiger partial charge in [-0.1, -0.05) is 11.6 Å². The van der Waals surface area contributed by atoms with E-state index in [-0.39, 0.29) is 6.04 Å². The maximum absolute atomic E-state index is 6.28. The third-order valence-corrected chi connectivity index (χ3v) is 3.59. The van der Waals surface area contributed by atoms with Crippen LogP contribution >= 0.6 is 11.6 Å². The van der Waals surface area contributed by atoms with Gasteiger partial charge >= 0.3 is 0 Å². The predicted molar refractivity (Wildman–Crippen MR) is 71.5 cm³/mol. The lowest BCUT2D eigenvalue weighted by Gasteiger charge is -2.13. The van der Waals surface area contributed by atoms with Gasteiger partial charge in [0.2, 0.25) is 0 Å². The lowest BCUT2D eigenvalue weighted by molar-refractivity contribution is 0.573. The maximum Gasteiger partial charge on any atom is 0.0946 e. The molecule has 18 heavy (non-hydrogen) atoms. The van der Waals surface area contributed by atoms with Gasteiger partial charge in [0.05, 0.1) is 34.5 Å². The minimum absolute atomic E-state index is 0.128. The van der Waals surface area contributed by atoms with Gasteiger partial charge in [-0.25, -0.2) is 4.98 Å². The van der Waals surface area contributed by atoms with Gasteiger partial charge in [-0.2, -0.15) is 5.10 Å². The van der Waals surface area contributed by atoms with Crippen LogP contribution in [-0.4, -0.2) is 19.3 Å². The molecule has 0 fully saturated rings. The number of aryl methyl sites for hydroxylation is 3. The van der Waals surface area contributed by atoms with Crippen molar-refractivity contribution in [1.82, 2.24) is 19.3 Å². The predicted octanol–water partition coefficient (Wildman–Crippen LogP) is 1.84. The second-order valence-electron chi connectivity index (χ2n) is 4.40. The molecule has 6 heteroatoms. The average molecular weight is 268 g/mol. The van der Waals surface area contributed by atoms with Crippen molar-refractivity contribution in [3.8, 4) is 0 Å². The Labute approximate surface area is 112 Å². The van der Waals surface area contributed by atoms with Gasteiger partial charge in [0.25, 0.3) is 0 Å². The molecule has 0 spiro atoms. The number of rotatable bonds is 4. The molecular weight excluding hydrogens is 250 g/mol. The Morgan fingerprint density at radius 1 is 1.50 bits per heavy atom. The summed E-state index contributed by atoms with van der Waals surface area (Å²) in [5.41, 5.74) is 9.05. The Bertz CT molecular complexity index is 543. The highest BCUT2D eigenvalue weighted by molar-refractivity contribution is 6.31. The molecule has 2 rings (SSSR count).